The minimum Gasteiger partial charge on any atom is -0.487 e. The maximum absolute atomic E-state index is 5.75. The minimum atomic E-state index is 0.325. The van der Waals surface area contributed by atoms with Crippen LogP contribution < -0.4 is 4.74 Å². The van der Waals surface area contributed by atoms with Gasteiger partial charge in [0.15, 0.2) is 0 Å². The number of rotatable bonds is 8. The highest BCUT2D eigenvalue weighted by Gasteiger charge is 2.05. The van der Waals surface area contributed by atoms with Crippen LogP contribution in [0.25, 0.3) is 0 Å². The second-order valence-electron chi connectivity index (χ2n) is 4.45. The number of hydrogen-bond donors (Lipinski definition) is 0. The summed E-state index contributed by atoms with van der Waals surface area (Å²) in [7, 11) is 3.01. The number of ether oxygens (including phenoxy) is 1. The first-order valence-corrected chi connectivity index (χ1v) is 6.86. The van der Waals surface area contributed by atoms with E-state index < -0.39 is 0 Å². The van der Waals surface area contributed by atoms with E-state index in [1.807, 2.05) is 54.6 Å². The van der Waals surface area contributed by atoms with Crippen molar-refractivity contribution in [3.05, 3.63) is 65.7 Å². The second-order valence-corrected chi connectivity index (χ2v) is 4.45. The lowest BCUT2D eigenvalue weighted by atomic mass is 10.1. The number of hydrogen-bond acceptors (Lipinski definition) is 5. The topological polar surface area (TPSA) is 49.3 Å². The Morgan fingerprint density at radius 2 is 1.68 bits per heavy atom. The Hall–Kier alpha value is -2.37. The van der Waals surface area contributed by atoms with Gasteiger partial charge < -0.3 is 9.57 Å². The van der Waals surface area contributed by atoms with Gasteiger partial charge in [0, 0.05) is 5.56 Å². The zero-order valence-corrected chi connectivity index (χ0v) is 12.7. The van der Waals surface area contributed by atoms with Crippen LogP contribution in [0.15, 0.2) is 59.8 Å². The summed E-state index contributed by atoms with van der Waals surface area (Å²) in [5, 5.41) is 4.02. The first-order valence-electron chi connectivity index (χ1n) is 6.86. The largest absolute Gasteiger partial charge is 0.487 e. The molecule has 0 saturated carbocycles. The van der Waals surface area contributed by atoms with Gasteiger partial charge in [-0.05, 0) is 17.7 Å². The van der Waals surface area contributed by atoms with Crippen LogP contribution in [0.3, 0.4) is 0 Å². The molecule has 0 saturated heterocycles. The molecule has 2 aromatic carbocycles. The van der Waals surface area contributed by atoms with Gasteiger partial charge in [0.25, 0.3) is 0 Å². The maximum Gasteiger partial charge on any atom is 0.134 e. The van der Waals surface area contributed by atoms with Gasteiger partial charge in [0.05, 0.1) is 7.11 Å². The van der Waals surface area contributed by atoms with Crippen LogP contribution in [0.2, 0.25) is 0 Å². The zero-order chi connectivity index (χ0) is 15.6. The van der Waals surface area contributed by atoms with Crippen molar-refractivity contribution in [1.82, 2.24) is 0 Å². The van der Waals surface area contributed by atoms with Crippen LogP contribution in [0.1, 0.15) is 11.1 Å². The predicted molar refractivity (Wildman–Crippen MR) is 83.7 cm³/mol. The monoisotopic (exact) mass is 301 g/mol. The van der Waals surface area contributed by atoms with E-state index in [9.17, 15) is 0 Å². The Kier molecular flexibility index (Phi) is 6.41. The average molecular weight is 301 g/mol. The highest BCUT2D eigenvalue weighted by molar-refractivity contribution is 6.01. The fraction of sp³-hybridized carbons (Fsp3) is 0.235. The third-order valence-corrected chi connectivity index (χ3v) is 2.95. The average Bonchev–Trinajstić information content (AvgIpc) is 2.58. The summed E-state index contributed by atoms with van der Waals surface area (Å²) >= 11 is 0. The van der Waals surface area contributed by atoms with Crippen molar-refractivity contribution in [2.24, 2.45) is 5.16 Å². The molecular weight excluding hydrogens is 282 g/mol. The van der Waals surface area contributed by atoms with Crippen molar-refractivity contribution in [2.75, 3.05) is 20.8 Å². The van der Waals surface area contributed by atoms with Crippen molar-refractivity contribution in [3.8, 4) is 5.75 Å². The normalized spacial score (nSPS) is 11.3. The van der Waals surface area contributed by atoms with Crippen molar-refractivity contribution in [2.45, 2.75) is 6.61 Å². The molecule has 0 fully saturated rings. The molecule has 0 aromatic heterocycles. The number of oxime groups is 1. The number of nitrogens with zero attached hydrogens (tertiary/aromatic N) is 1. The van der Waals surface area contributed by atoms with E-state index in [-0.39, 0.29) is 0 Å². The Morgan fingerprint density at radius 3 is 2.32 bits per heavy atom. The summed E-state index contributed by atoms with van der Waals surface area (Å²) in [5.41, 5.74) is 2.70. The molecule has 0 aliphatic rings. The molecule has 0 amide bonds. The van der Waals surface area contributed by atoms with E-state index in [0.29, 0.717) is 13.2 Å². The molecule has 22 heavy (non-hydrogen) atoms. The molecule has 5 heteroatoms. The summed E-state index contributed by atoms with van der Waals surface area (Å²) in [5.74, 6) is 0.751. The molecule has 0 atom stereocenters. The highest BCUT2D eigenvalue weighted by atomic mass is 17.2. The predicted octanol–water partition coefficient (Wildman–Crippen LogP) is 3.19. The number of benzene rings is 2. The molecule has 5 nitrogen and oxygen atoms in total. The minimum absolute atomic E-state index is 0.325. The van der Waals surface area contributed by atoms with Crippen molar-refractivity contribution in [1.29, 1.82) is 0 Å². The Bertz CT molecular complexity index is 581. The molecule has 0 aliphatic heterocycles. The van der Waals surface area contributed by atoms with Gasteiger partial charge in [-0.1, -0.05) is 47.6 Å². The van der Waals surface area contributed by atoms with Gasteiger partial charge >= 0.3 is 0 Å². The summed E-state index contributed by atoms with van der Waals surface area (Å²) in [6.45, 7) is 0.725. The molecule has 116 valence electrons. The van der Waals surface area contributed by atoms with Gasteiger partial charge in [0.1, 0.15) is 31.8 Å². The molecule has 2 rings (SSSR count). The highest BCUT2D eigenvalue weighted by Crippen LogP contribution is 2.14. The van der Waals surface area contributed by atoms with Gasteiger partial charge in [-0.2, -0.15) is 0 Å². The fourth-order valence-corrected chi connectivity index (χ4v) is 1.86. The van der Waals surface area contributed by atoms with E-state index in [4.69, 9.17) is 14.5 Å². The van der Waals surface area contributed by atoms with Crippen molar-refractivity contribution < 1.29 is 19.3 Å². The Morgan fingerprint density at radius 1 is 0.955 bits per heavy atom. The zero-order valence-electron chi connectivity index (χ0n) is 12.7. The second kappa shape index (κ2) is 8.81. The molecule has 0 unspecified atom stereocenters. The molecule has 0 N–H and O–H groups in total. The lowest BCUT2D eigenvalue weighted by molar-refractivity contribution is -0.282. The molecule has 0 heterocycles. The van der Waals surface area contributed by atoms with Gasteiger partial charge in [0.2, 0.25) is 0 Å². The lowest BCUT2D eigenvalue weighted by Crippen LogP contribution is -2.13. The van der Waals surface area contributed by atoms with Crippen LogP contribution in [-0.2, 0) is 21.2 Å². The van der Waals surface area contributed by atoms with E-state index in [1.165, 1.54) is 14.2 Å². The summed E-state index contributed by atoms with van der Waals surface area (Å²) in [6, 6.07) is 17.4. The first kappa shape index (κ1) is 16.0. The molecule has 2 aromatic rings. The SMILES string of the molecule is CO/N=C(\COc1ccc(COOC)cc1)c1ccccc1. The Labute approximate surface area is 130 Å². The summed E-state index contributed by atoms with van der Waals surface area (Å²) in [4.78, 5) is 14.3. The van der Waals surface area contributed by atoms with Crippen LogP contribution in [0.5, 0.6) is 5.75 Å². The third kappa shape index (κ3) is 4.87. The first-order chi connectivity index (χ1) is 10.8. The van der Waals surface area contributed by atoms with Crippen LogP contribution in [0.4, 0.5) is 0 Å². The standard InChI is InChI=1S/C17H19NO4/c1-19-18-17(15-6-4-3-5-7-15)13-21-16-10-8-14(9-11-16)12-22-20-2/h3-11H,12-13H2,1-2H3/b18-17+. The smallest absolute Gasteiger partial charge is 0.134 e. The Balaban J connectivity index is 1.96. The molecular formula is C17H19NO4. The lowest BCUT2D eigenvalue weighted by Gasteiger charge is -2.09. The van der Waals surface area contributed by atoms with E-state index in [2.05, 4.69) is 10.0 Å². The van der Waals surface area contributed by atoms with Crippen LogP contribution in [0, 0.1) is 0 Å². The molecule has 0 aliphatic carbocycles. The van der Waals surface area contributed by atoms with E-state index in [0.717, 1.165) is 22.6 Å². The summed E-state index contributed by atoms with van der Waals surface area (Å²) < 4.78 is 5.75. The quantitative estimate of drug-likeness (QED) is 0.427. The van der Waals surface area contributed by atoms with E-state index >= 15 is 0 Å². The van der Waals surface area contributed by atoms with Gasteiger partial charge in [-0.15, -0.1) is 0 Å². The maximum atomic E-state index is 5.75. The third-order valence-electron chi connectivity index (χ3n) is 2.95. The van der Waals surface area contributed by atoms with Gasteiger partial charge in [-0.25, -0.2) is 9.78 Å². The van der Waals surface area contributed by atoms with Crippen molar-refractivity contribution >= 4 is 5.71 Å². The van der Waals surface area contributed by atoms with Crippen LogP contribution in [-0.4, -0.2) is 26.5 Å². The fourth-order valence-electron chi connectivity index (χ4n) is 1.86. The van der Waals surface area contributed by atoms with Crippen LogP contribution >= 0.6 is 0 Å². The molecule has 0 spiro atoms. The van der Waals surface area contributed by atoms with E-state index in [1.54, 1.807) is 0 Å². The molecule has 0 bridgehead atoms. The van der Waals surface area contributed by atoms with Crippen molar-refractivity contribution in [3.63, 3.8) is 0 Å². The molecule has 0 radical (unpaired) electrons. The van der Waals surface area contributed by atoms with Gasteiger partial charge in [-0.3, -0.25) is 0 Å². The summed E-state index contributed by atoms with van der Waals surface area (Å²) in [6.07, 6.45) is 0.